The minimum atomic E-state index is 0.463. The molecular formula is C8H12ClN3S. The van der Waals surface area contributed by atoms with Crippen molar-refractivity contribution in [2.45, 2.75) is 13.5 Å². The maximum Gasteiger partial charge on any atom is 0.188 e. The first kappa shape index (κ1) is 10.3. The van der Waals surface area contributed by atoms with E-state index in [0.717, 1.165) is 16.4 Å². The average Bonchev–Trinajstić information content (AvgIpc) is 2.48. The lowest BCUT2D eigenvalue weighted by Crippen LogP contribution is -2.31. The zero-order valence-corrected chi connectivity index (χ0v) is 8.95. The SMILES string of the molecule is CCNC(N)=NCc1ccsc1Cl. The van der Waals surface area contributed by atoms with Crippen LogP contribution in [-0.4, -0.2) is 12.5 Å². The Kier molecular flexibility index (Phi) is 4.05. The van der Waals surface area contributed by atoms with Crippen LogP contribution in [0.3, 0.4) is 0 Å². The number of hydrogen-bond donors (Lipinski definition) is 2. The summed E-state index contributed by atoms with van der Waals surface area (Å²) in [4.78, 5) is 4.12. The minimum Gasteiger partial charge on any atom is -0.370 e. The third kappa shape index (κ3) is 3.24. The summed E-state index contributed by atoms with van der Waals surface area (Å²) < 4.78 is 0.785. The molecule has 0 amide bonds. The first-order valence-corrected chi connectivity index (χ1v) is 5.25. The second-order valence-electron chi connectivity index (χ2n) is 2.45. The van der Waals surface area contributed by atoms with Crippen LogP contribution in [0.1, 0.15) is 12.5 Å². The lowest BCUT2D eigenvalue weighted by atomic mass is 10.3. The lowest BCUT2D eigenvalue weighted by Gasteiger charge is -2.00. The van der Waals surface area contributed by atoms with E-state index in [1.807, 2.05) is 18.4 Å². The van der Waals surface area contributed by atoms with Gasteiger partial charge in [0.05, 0.1) is 10.9 Å². The van der Waals surface area contributed by atoms with Crippen LogP contribution >= 0.6 is 22.9 Å². The van der Waals surface area contributed by atoms with Crippen molar-refractivity contribution < 1.29 is 0 Å². The Morgan fingerprint density at radius 3 is 3.08 bits per heavy atom. The highest BCUT2D eigenvalue weighted by Crippen LogP contribution is 2.22. The highest BCUT2D eigenvalue weighted by molar-refractivity contribution is 7.14. The molecule has 1 aromatic heterocycles. The van der Waals surface area contributed by atoms with Crippen LogP contribution in [0.2, 0.25) is 4.34 Å². The summed E-state index contributed by atoms with van der Waals surface area (Å²) in [5, 5.41) is 4.86. The molecule has 0 radical (unpaired) electrons. The highest BCUT2D eigenvalue weighted by atomic mass is 35.5. The van der Waals surface area contributed by atoms with Crippen LogP contribution in [-0.2, 0) is 6.54 Å². The molecule has 1 aromatic rings. The van der Waals surface area contributed by atoms with E-state index in [1.54, 1.807) is 0 Å². The largest absolute Gasteiger partial charge is 0.370 e. The molecule has 0 atom stereocenters. The van der Waals surface area contributed by atoms with Crippen LogP contribution in [0.5, 0.6) is 0 Å². The number of halogens is 1. The zero-order chi connectivity index (χ0) is 9.68. The van der Waals surface area contributed by atoms with Crippen molar-refractivity contribution in [3.63, 3.8) is 0 Å². The molecule has 0 bridgehead atoms. The van der Waals surface area contributed by atoms with E-state index in [4.69, 9.17) is 17.3 Å². The monoisotopic (exact) mass is 217 g/mol. The Morgan fingerprint density at radius 2 is 2.54 bits per heavy atom. The fourth-order valence-corrected chi connectivity index (χ4v) is 1.75. The smallest absolute Gasteiger partial charge is 0.188 e. The predicted molar refractivity (Wildman–Crippen MR) is 58.3 cm³/mol. The molecule has 0 aromatic carbocycles. The molecule has 5 heteroatoms. The topological polar surface area (TPSA) is 50.4 Å². The van der Waals surface area contributed by atoms with Crippen molar-refractivity contribution >= 4 is 28.9 Å². The number of guanidine groups is 1. The summed E-state index contributed by atoms with van der Waals surface area (Å²) >= 11 is 7.39. The third-order valence-electron chi connectivity index (χ3n) is 1.47. The van der Waals surface area contributed by atoms with Crippen LogP contribution < -0.4 is 11.1 Å². The Morgan fingerprint density at radius 1 is 1.77 bits per heavy atom. The molecule has 0 aliphatic carbocycles. The molecule has 0 saturated heterocycles. The van der Waals surface area contributed by atoms with Gasteiger partial charge in [0.1, 0.15) is 0 Å². The Balaban J connectivity index is 2.51. The summed E-state index contributed by atoms with van der Waals surface area (Å²) in [7, 11) is 0. The second kappa shape index (κ2) is 5.09. The fourth-order valence-electron chi connectivity index (χ4n) is 0.839. The van der Waals surface area contributed by atoms with Gasteiger partial charge in [0, 0.05) is 12.1 Å². The zero-order valence-electron chi connectivity index (χ0n) is 7.38. The number of thiophene rings is 1. The molecule has 3 N–H and O–H groups in total. The first-order chi connectivity index (χ1) is 6.24. The molecule has 1 rings (SSSR count). The summed E-state index contributed by atoms with van der Waals surface area (Å²) in [5.41, 5.74) is 6.57. The van der Waals surface area contributed by atoms with Gasteiger partial charge in [0.2, 0.25) is 0 Å². The van der Waals surface area contributed by atoms with Gasteiger partial charge in [-0.15, -0.1) is 11.3 Å². The number of nitrogens with zero attached hydrogens (tertiary/aromatic N) is 1. The van der Waals surface area contributed by atoms with Crippen molar-refractivity contribution in [1.82, 2.24) is 5.32 Å². The van der Waals surface area contributed by atoms with Crippen LogP contribution in [0.4, 0.5) is 0 Å². The minimum absolute atomic E-state index is 0.463. The Hall–Kier alpha value is -0.740. The summed E-state index contributed by atoms with van der Waals surface area (Å²) in [6.45, 7) is 3.30. The van der Waals surface area contributed by atoms with E-state index in [0.29, 0.717) is 12.5 Å². The molecule has 0 fully saturated rings. The Labute approximate surface area is 86.6 Å². The number of nitrogens with one attached hydrogen (secondary N) is 1. The van der Waals surface area contributed by atoms with Crippen LogP contribution in [0, 0.1) is 0 Å². The van der Waals surface area contributed by atoms with E-state index in [2.05, 4.69) is 10.3 Å². The van der Waals surface area contributed by atoms with Crippen molar-refractivity contribution in [2.75, 3.05) is 6.54 Å². The van der Waals surface area contributed by atoms with Crippen molar-refractivity contribution in [2.24, 2.45) is 10.7 Å². The van der Waals surface area contributed by atoms with Crippen molar-refractivity contribution in [3.8, 4) is 0 Å². The number of aliphatic imine (C=N–C) groups is 1. The Bertz CT molecular complexity index is 295. The molecule has 13 heavy (non-hydrogen) atoms. The maximum atomic E-state index is 5.89. The van der Waals surface area contributed by atoms with E-state index >= 15 is 0 Å². The van der Waals surface area contributed by atoms with Crippen LogP contribution in [0.15, 0.2) is 16.4 Å². The summed E-state index contributed by atoms with van der Waals surface area (Å²) in [5.74, 6) is 0.463. The van der Waals surface area contributed by atoms with E-state index < -0.39 is 0 Å². The predicted octanol–water partition coefficient (Wildman–Crippen LogP) is 1.83. The van der Waals surface area contributed by atoms with E-state index in [-0.39, 0.29) is 0 Å². The van der Waals surface area contributed by atoms with Gasteiger partial charge in [-0.2, -0.15) is 0 Å². The molecule has 72 valence electrons. The molecule has 0 aliphatic heterocycles. The van der Waals surface area contributed by atoms with Gasteiger partial charge in [-0.3, -0.25) is 0 Å². The third-order valence-corrected chi connectivity index (χ3v) is 2.72. The lowest BCUT2D eigenvalue weighted by molar-refractivity contribution is 0.926. The van der Waals surface area contributed by atoms with E-state index in [1.165, 1.54) is 11.3 Å². The fraction of sp³-hybridized carbons (Fsp3) is 0.375. The van der Waals surface area contributed by atoms with Crippen molar-refractivity contribution in [1.29, 1.82) is 0 Å². The first-order valence-electron chi connectivity index (χ1n) is 3.99. The second-order valence-corrected chi connectivity index (χ2v) is 3.97. The van der Waals surface area contributed by atoms with E-state index in [9.17, 15) is 0 Å². The molecule has 3 nitrogen and oxygen atoms in total. The van der Waals surface area contributed by atoms with Gasteiger partial charge < -0.3 is 11.1 Å². The normalized spacial score (nSPS) is 11.7. The van der Waals surface area contributed by atoms with Gasteiger partial charge in [0.15, 0.2) is 5.96 Å². The summed E-state index contributed by atoms with van der Waals surface area (Å²) in [6, 6.07) is 1.95. The highest BCUT2D eigenvalue weighted by Gasteiger charge is 1.99. The maximum absolute atomic E-state index is 5.89. The number of hydrogen-bond acceptors (Lipinski definition) is 2. The summed E-state index contributed by atoms with van der Waals surface area (Å²) in [6.07, 6.45) is 0. The molecule has 0 unspecified atom stereocenters. The average molecular weight is 218 g/mol. The van der Waals surface area contributed by atoms with Crippen LogP contribution in [0.25, 0.3) is 0 Å². The molecule has 0 spiro atoms. The quantitative estimate of drug-likeness (QED) is 0.600. The van der Waals surface area contributed by atoms with Gasteiger partial charge >= 0.3 is 0 Å². The molecule has 0 saturated carbocycles. The van der Waals surface area contributed by atoms with Gasteiger partial charge in [-0.05, 0) is 18.4 Å². The number of rotatable bonds is 3. The standard InChI is InChI=1S/C8H12ClN3S/c1-2-11-8(10)12-5-6-3-4-13-7(6)9/h3-4H,2,5H2,1H3,(H3,10,11,12). The number of nitrogens with two attached hydrogens (primary N) is 1. The van der Waals surface area contributed by atoms with Crippen molar-refractivity contribution in [3.05, 3.63) is 21.3 Å². The van der Waals surface area contributed by atoms with Gasteiger partial charge in [0.25, 0.3) is 0 Å². The molecular weight excluding hydrogens is 206 g/mol. The van der Waals surface area contributed by atoms with Gasteiger partial charge in [-0.1, -0.05) is 11.6 Å². The van der Waals surface area contributed by atoms with Gasteiger partial charge in [-0.25, -0.2) is 4.99 Å². The molecule has 1 heterocycles. The molecule has 0 aliphatic rings.